The highest BCUT2D eigenvalue weighted by molar-refractivity contribution is 8.23. The first-order valence-electron chi connectivity index (χ1n) is 11.7. The van der Waals surface area contributed by atoms with Crippen molar-refractivity contribution in [3.05, 3.63) is 71.3 Å². The van der Waals surface area contributed by atoms with Gasteiger partial charge < -0.3 is 14.7 Å². The van der Waals surface area contributed by atoms with Crippen molar-refractivity contribution in [2.24, 2.45) is 0 Å². The molecule has 1 unspecified atom stereocenters. The molecule has 2 aromatic carbocycles. The number of rotatable bonds is 8. The minimum atomic E-state index is -0.518. The molecule has 6 nitrogen and oxygen atoms in total. The van der Waals surface area contributed by atoms with E-state index in [1.807, 2.05) is 9.80 Å². The Kier molecular flexibility index (Phi) is 9.76. The van der Waals surface area contributed by atoms with E-state index in [0.717, 1.165) is 21.3 Å². The van der Waals surface area contributed by atoms with Crippen LogP contribution < -0.4 is 0 Å². The van der Waals surface area contributed by atoms with E-state index in [0.29, 0.717) is 43.2 Å². The lowest BCUT2D eigenvalue weighted by molar-refractivity contribution is -0.134. The smallest absolute Gasteiger partial charge is 0.246 e. The maximum absolute atomic E-state index is 13.4. The van der Waals surface area contributed by atoms with Crippen LogP contribution in [0, 0.1) is 11.6 Å². The van der Waals surface area contributed by atoms with E-state index in [1.165, 1.54) is 36.0 Å². The number of carbonyl (C=O) groups is 1. The second-order valence-corrected chi connectivity index (χ2v) is 12.4. The molecular formula is C25H29F2N5OS4. The number of thioether (sulfide) groups is 2. The molecule has 0 bridgehead atoms. The summed E-state index contributed by atoms with van der Waals surface area (Å²) in [7, 11) is 3.49. The molecule has 1 amide bonds. The number of hydrogen-bond donors (Lipinski definition) is 0. The van der Waals surface area contributed by atoms with Crippen molar-refractivity contribution in [1.29, 1.82) is 0 Å². The van der Waals surface area contributed by atoms with Gasteiger partial charge in [0.1, 0.15) is 26.3 Å². The summed E-state index contributed by atoms with van der Waals surface area (Å²) >= 11 is 14.5. The molecule has 0 spiro atoms. The molecule has 2 heterocycles. The first-order chi connectivity index (χ1) is 17.7. The number of nitrogens with zero attached hydrogens (tertiary/aromatic N) is 5. The van der Waals surface area contributed by atoms with Gasteiger partial charge in [-0.3, -0.25) is 14.6 Å². The average molecular weight is 582 g/mol. The Hall–Kier alpha value is -1.83. The summed E-state index contributed by atoms with van der Waals surface area (Å²) in [6.07, 6.45) is 0. The van der Waals surface area contributed by atoms with E-state index in [9.17, 15) is 13.6 Å². The molecule has 12 heteroatoms. The van der Waals surface area contributed by atoms with Gasteiger partial charge in [-0.2, -0.15) is 0 Å². The number of likely N-dealkylation sites (N-methyl/N-ethyl adjacent to an activating group) is 1. The third-order valence-electron chi connectivity index (χ3n) is 6.09. The molecule has 1 atom stereocenters. The minimum absolute atomic E-state index is 0.0463. The van der Waals surface area contributed by atoms with Gasteiger partial charge in [-0.25, -0.2) is 8.78 Å². The van der Waals surface area contributed by atoms with Crippen molar-refractivity contribution < 1.29 is 13.6 Å². The number of amides is 1. The zero-order chi connectivity index (χ0) is 26.5. The van der Waals surface area contributed by atoms with Crippen LogP contribution in [0.1, 0.15) is 11.1 Å². The summed E-state index contributed by atoms with van der Waals surface area (Å²) in [6.45, 7) is 2.72. The first kappa shape index (κ1) is 28.2. The molecule has 2 fully saturated rings. The van der Waals surface area contributed by atoms with E-state index < -0.39 is 6.04 Å². The summed E-state index contributed by atoms with van der Waals surface area (Å²) in [6, 6.07) is 12.5. The molecule has 4 rings (SSSR count). The zero-order valence-corrected chi connectivity index (χ0v) is 23.9. The Labute approximate surface area is 235 Å². The van der Waals surface area contributed by atoms with Crippen LogP contribution in [-0.2, 0) is 17.9 Å². The fourth-order valence-electron chi connectivity index (χ4n) is 4.18. The Morgan fingerprint density at radius 1 is 0.865 bits per heavy atom. The fraction of sp³-hybridized carbons (Fsp3) is 0.400. The van der Waals surface area contributed by atoms with Gasteiger partial charge >= 0.3 is 0 Å². The van der Waals surface area contributed by atoms with Gasteiger partial charge in [-0.15, -0.1) is 0 Å². The highest BCUT2D eigenvalue weighted by Crippen LogP contribution is 2.26. The predicted molar refractivity (Wildman–Crippen MR) is 155 cm³/mol. The summed E-state index contributed by atoms with van der Waals surface area (Å²) < 4.78 is 28.1. The molecular weight excluding hydrogens is 553 g/mol. The van der Waals surface area contributed by atoms with Gasteiger partial charge in [0, 0.05) is 33.7 Å². The van der Waals surface area contributed by atoms with Crippen molar-refractivity contribution in [2.75, 3.05) is 45.7 Å². The lowest BCUT2D eigenvalue weighted by Gasteiger charge is -2.44. The van der Waals surface area contributed by atoms with Crippen molar-refractivity contribution in [3.63, 3.8) is 0 Å². The molecule has 0 N–H and O–H groups in total. The molecule has 0 aromatic heterocycles. The van der Waals surface area contributed by atoms with Crippen LogP contribution in [0.15, 0.2) is 48.5 Å². The van der Waals surface area contributed by atoms with E-state index in [4.69, 9.17) is 24.4 Å². The van der Waals surface area contributed by atoms with Gasteiger partial charge in [0.15, 0.2) is 0 Å². The highest BCUT2D eigenvalue weighted by Gasteiger charge is 2.36. The quantitative estimate of drug-likeness (QED) is 0.426. The van der Waals surface area contributed by atoms with Crippen LogP contribution in [0.5, 0.6) is 0 Å². The van der Waals surface area contributed by atoms with Gasteiger partial charge in [0.05, 0.1) is 25.1 Å². The summed E-state index contributed by atoms with van der Waals surface area (Å²) in [5.41, 5.74) is 2.01. The normalized spacial score (nSPS) is 18.3. The van der Waals surface area contributed by atoms with Gasteiger partial charge in [-0.05, 0) is 35.4 Å². The third-order valence-corrected chi connectivity index (χ3v) is 9.27. The average Bonchev–Trinajstić information content (AvgIpc) is 2.88. The van der Waals surface area contributed by atoms with Crippen LogP contribution in [0.3, 0.4) is 0 Å². The largest absolute Gasteiger partial charge is 0.347 e. The Morgan fingerprint density at radius 3 is 1.86 bits per heavy atom. The predicted octanol–water partition coefficient (Wildman–Crippen LogP) is 4.22. The van der Waals surface area contributed by atoms with E-state index in [-0.39, 0.29) is 17.5 Å². The molecule has 0 saturated carbocycles. The SMILES string of the molecule is CN(C)C(=O)C(CN1CN(Cc2ccc(F)cc2)CSC1=S)N1CN(Cc2ccc(F)cc2)CSC1=S. The van der Waals surface area contributed by atoms with E-state index >= 15 is 0 Å². The Bertz CT molecular complexity index is 1120. The third kappa shape index (κ3) is 7.61. The number of thiocarbonyl (C=S) groups is 2. The minimum Gasteiger partial charge on any atom is -0.347 e. The molecule has 2 aliphatic heterocycles. The first-order valence-corrected chi connectivity index (χ1v) is 14.5. The molecule has 198 valence electrons. The molecule has 2 aliphatic rings. The monoisotopic (exact) mass is 581 g/mol. The van der Waals surface area contributed by atoms with Crippen LogP contribution in [0.4, 0.5) is 8.78 Å². The maximum atomic E-state index is 13.4. The number of hydrogen-bond acceptors (Lipinski definition) is 7. The van der Waals surface area contributed by atoms with Gasteiger partial charge in [0.25, 0.3) is 0 Å². The zero-order valence-electron chi connectivity index (χ0n) is 20.7. The second kappa shape index (κ2) is 12.8. The van der Waals surface area contributed by atoms with Crippen molar-refractivity contribution in [3.8, 4) is 0 Å². The van der Waals surface area contributed by atoms with Crippen molar-refractivity contribution in [1.82, 2.24) is 24.5 Å². The molecule has 2 saturated heterocycles. The lowest BCUT2D eigenvalue weighted by atomic mass is 10.2. The van der Waals surface area contributed by atoms with Crippen molar-refractivity contribution in [2.45, 2.75) is 19.1 Å². The van der Waals surface area contributed by atoms with Crippen LogP contribution >= 0.6 is 48.0 Å². The molecule has 0 radical (unpaired) electrons. The second-order valence-electron chi connectivity index (χ2n) is 9.21. The van der Waals surface area contributed by atoms with E-state index in [2.05, 4.69) is 9.80 Å². The standard InChI is InChI=1S/C25H29F2N5OS4/c1-28(2)23(33)22(32-15-30(17-37-25(32)35)12-19-5-9-21(27)10-6-19)13-31-14-29(16-36-24(31)34)11-18-3-7-20(26)8-4-18/h3-10,22H,11-17H2,1-2H3. The van der Waals surface area contributed by atoms with Gasteiger partial charge in [0.2, 0.25) is 5.91 Å². The van der Waals surface area contributed by atoms with Crippen molar-refractivity contribution >= 4 is 62.5 Å². The highest BCUT2D eigenvalue weighted by atomic mass is 32.2. The molecule has 2 aromatic rings. The number of halogens is 2. The summed E-state index contributed by atoms with van der Waals surface area (Å²) in [4.78, 5) is 23.4. The molecule has 37 heavy (non-hydrogen) atoms. The lowest BCUT2D eigenvalue weighted by Crippen LogP contribution is -2.59. The van der Waals surface area contributed by atoms with Gasteiger partial charge in [-0.1, -0.05) is 72.2 Å². The van der Waals surface area contributed by atoms with Crippen LogP contribution in [0.25, 0.3) is 0 Å². The summed E-state index contributed by atoms with van der Waals surface area (Å²) in [5, 5.41) is 0. The van der Waals surface area contributed by atoms with Crippen LogP contribution in [-0.4, -0.2) is 90.8 Å². The fourth-order valence-corrected chi connectivity index (χ4v) is 6.41. The maximum Gasteiger partial charge on any atom is 0.246 e. The van der Waals surface area contributed by atoms with Crippen LogP contribution in [0.2, 0.25) is 0 Å². The Morgan fingerprint density at radius 2 is 1.35 bits per heavy atom. The number of benzene rings is 2. The number of carbonyl (C=O) groups excluding carboxylic acids is 1. The topological polar surface area (TPSA) is 33.3 Å². The Balaban J connectivity index is 1.47. The molecule has 0 aliphatic carbocycles. The van der Waals surface area contributed by atoms with E-state index in [1.54, 1.807) is 55.0 Å². The summed E-state index contributed by atoms with van der Waals surface area (Å²) in [5.74, 6) is 0.852.